The number of benzene rings is 1. The first kappa shape index (κ1) is 12.0. The van der Waals surface area contributed by atoms with Crippen LogP contribution in [0, 0.1) is 0 Å². The molecule has 0 atom stereocenters. The number of hydrogen-bond donors (Lipinski definition) is 3. The van der Waals surface area contributed by atoms with Gasteiger partial charge in [0.1, 0.15) is 5.52 Å². The van der Waals surface area contributed by atoms with Gasteiger partial charge in [-0.3, -0.25) is 0 Å². The molecule has 0 radical (unpaired) electrons. The molecule has 3 rings (SSSR count). The van der Waals surface area contributed by atoms with Crippen LogP contribution in [0.25, 0.3) is 11.1 Å². The van der Waals surface area contributed by atoms with Crippen LogP contribution in [0.15, 0.2) is 22.6 Å². The second kappa shape index (κ2) is 4.24. The lowest BCUT2D eigenvalue weighted by atomic mass is 9.80. The van der Waals surface area contributed by atoms with E-state index >= 15 is 0 Å². The van der Waals surface area contributed by atoms with Gasteiger partial charge in [-0.1, -0.05) is 0 Å². The van der Waals surface area contributed by atoms with Crippen molar-refractivity contribution in [2.75, 3.05) is 11.9 Å². The number of carbonyl (C=O) groups is 1. The van der Waals surface area contributed by atoms with Crippen molar-refractivity contribution in [1.29, 1.82) is 0 Å². The Balaban J connectivity index is 1.79. The standard InChI is InChI=1S/C13H14N2O4/c16-11(17)8-2-3-9-10(6-8)19-12(15-9)14-7-13(18)4-1-5-13/h2-3,6,18H,1,4-5,7H2,(H,14,15)(H,16,17). The minimum atomic E-state index is -1.00. The first-order valence-electron chi connectivity index (χ1n) is 6.16. The molecule has 0 unspecified atom stereocenters. The fraction of sp³-hybridized carbons (Fsp3) is 0.385. The Bertz CT molecular complexity index is 631. The van der Waals surface area contributed by atoms with Crippen LogP contribution in [0.5, 0.6) is 0 Å². The maximum atomic E-state index is 10.8. The largest absolute Gasteiger partial charge is 0.478 e. The highest BCUT2D eigenvalue weighted by Crippen LogP contribution is 2.31. The van der Waals surface area contributed by atoms with Gasteiger partial charge in [0.2, 0.25) is 0 Å². The molecule has 0 amide bonds. The molecule has 2 aromatic rings. The summed E-state index contributed by atoms with van der Waals surface area (Å²) in [7, 11) is 0. The molecule has 0 saturated heterocycles. The van der Waals surface area contributed by atoms with E-state index in [1.807, 2.05) is 0 Å². The zero-order valence-corrected chi connectivity index (χ0v) is 10.2. The smallest absolute Gasteiger partial charge is 0.335 e. The van der Waals surface area contributed by atoms with E-state index in [-0.39, 0.29) is 5.56 Å². The van der Waals surface area contributed by atoms with Gasteiger partial charge in [0.05, 0.1) is 11.2 Å². The minimum Gasteiger partial charge on any atom is -0.478 e. The van der Waals surface area contributed by atoms with E-state index in [0.717, 1.165) is 19.3 Å². The quantitative estimate of drug-likeness (QED) is 0.778. The summed E-state index contributed by atoms with van der Waals surface area (Å²) in [5, 5.41) is 21.8. The normalized spacial score (nSPS) is 17.1. The van der Waals surface area contributed by atoms with Crippen LogP contribution < -0.4 is 5.32 Å². The van der Waals surface area contributed by atoms with Gasteiger partial charge in [-0.25, -0.2) is 4.79 Å². The summed E-state index contributed by atoms with van der Waals surface area (Å²) in [6, 6.07) is 4.83. The zero-order valence-electron chi connectivity index (χ0n) is 10.2. The van der Waals surface area contributed by atoms with E-state index in [9.17, 15) is 9.90 Å². The molecule has 100 valence electrons. The zero-order chi connectivity index (χ0) is 13.5. The molecule has 6 heteroatoms. The fourth-order valence-corrected chi connectivity index (χ4v) is 2.14. The molecule has 1 fully saturated rings. The van der Waals surface area contributed by atoms with E-state index < -0.39 is 11.6 Å². The lowest BCUT2D eigenvalue weighted by Gasteiger charge is -2.36. The van der Waals surface area contributed by atoms with Gasteiger partial charge in [0.15, 0.2) is 5.58 Å². The number of rotatable bonds is 4. The number of fused-ring (bicyclic) bond motifs is 1. The Labute approximate surface area is 109 Å². The summed E-state index contributed by atoms with van der Waals surface area (Å²) < 4.78 is 5.43. The molecule has 0 aliphatic heterocycles. The average Bonchev–Trinajstić information content (AvgIpc) is 2.75. The second-order valence-electron chi connectivity index (χ2n) is 4.94. The van der Waals surface area contributed by atoms with Crippen LogP contribution in [-0.4, -0.2) is 33.3 Å². The first-order chi connectivity index (χ1) is 9.06. The molecule has 1 aliphatic carbocycles. The molecule has 1 aromatic carbocycles. The third-order valence-corrected chi connectivity index (χ3v) is 3.49. The predicted octanol–water partition coefficient (Wildman–Crippen LogP) is 1.85. The Morgan fingerprint density at radius 2 is 2.26 bits per heavy atom. The minimum absolute atomic E-state index is 0.160. The second-order valence-corrected chi connectivity index (χ2v) is 4.94. The van der Waals surface area contributed by atoms with Crippen LogP contribution in [-0.2, 0) is 0 Å². The van der Waals surface area contributed by atoms with Crippen molar-refractivity contribution < 1.29 is 19.4 Å². The predicted molar refractivity (Wildman–Crippen MR) is 68.3 cm³/mol. The summed E-state index contributed by atoms with van der Waals surface area (Å²) in [6.07, 6.45) is 2.60. The average molecular weight is 262 g/mol. The number of aromatic nitrogens is 1. The summed E-state index contributed by atoms with van der Waals surface area (Å²) >= 11 is 0. The number of aromatic carboxylic acids is 1. The fourth-order valence-electron chi connectivity index (χ4n) is 2.14. The highest BCUT2D eigenvalue weighted by atomic mass is 16.4. The van der Waals surface area contributed by atoms with E-state index in [4.69, 9.17) is 9.52 Å². The topological polar surface area (TPSA) is 95.6 Å². The molecule has 6 nitrogen and oxygen atoms in total. The molecule has 1 heterocycles. The molecule has 1 aliphatic rings. The van der Waals surface area contributed by atoms with Crippen molar-refractivity contribution >= 4 is 23.1 Å². The first-order valence-corrected chi connectivity index (χ1v) is 6.16. The monoisotopic (exact) mass is 262 g/mol. The molecular formula is C13H14N2O4. The summed E-state index contributed by atoms with van der Waals surface area (Å²) in [4.78, 5) is 15.0. The van der Waals surface area contributed by atoms with Gasteiger partial charge in [-0.2, -0.15) is 4.98 Å². The van der Waals surface area contributed by atoms with Crippen molar-refractivity contribution in [3.8, 4) is 0 Å². The number of oxazole rings is 1. The highest BCUT2D eigenvalue weighted by Gasteiger charge is 2.34. The van der Waals surface area contributed by atoms with Gasteiger partial charge in [0.25, 0.3) is 6.01 Å². The Morgan fingerprint density at radius 3 is 2.89 bits per heavy atom. The van der Waals surface area contributed by atoms with Gasteiger partial charge >= 0.3 is 5.97 Å². The van der Waals surface area contributed by atoms with Gasteiger partial charge in [0, 0.05) is 6.54 Å². The van der Waals surface area contributed by atoms with Crippen molar-refractivity contribution in [1.82, 2.24) is 4.98 Å². The summed E-state index contributed by atoms with van der Waals surface area (Å²) in [5.74, 6) is -1.00. The van der Waals surface area contributed by atoms with Crippen LogP contribution >= 0.6 is 0 Å². The third-order valence-electron chi connectivity index (χ3n) is 3.49. The number of hydrogen-bond acceptors (Lipinski definition) is 5. The van der Waals surface area contributed by atoms with E-state index in [1.165, 1.54) is 12.1 Å². The van der Waals surface area contributed by atoms with Gasteiger partial charge < -0.3 is 19.9 Å². The molecule has 0 bridgehead atoms. The van der Waals surface area contributed by atoms with Crippen LogP contribution in [0.4, 0.5) is 6.01 Å². The van der Waals surface area contributed by atoms with Gasteiger partial charge in [-0.05, 0) is 37.5 Å². The van der Waals surface area contributed by atoms with Crippen LogP contribution in [0.1, 0.15) is 29.6 Å². The maximum absolute atomic E-state index is 10.8. The molecule has 0 spiro atoms. The number of carboxylic acids is 1. The van der Waals surface area contributed by atoms with Gasteiger partial charge in [-0.15, -0.1) is 0 Å². The number of aliphatic hydroxyl groups is 1. The summed E-state index contributed by atoms with van der Waals surface area (Å²) in [5.41, 5.74) is 0.510. The highest BCUT2D eigenvalue weighted by molar-refractivity contribution is 5.92. The summed E-state index contributed by atoms with van der Waals surface area (Å²) in [6.45, 7) is 0.394. The Hall–Kier alpha value is -2.08. The van der Waals surface area contributed by atoms with E-state index in [2.05, 4.69) is 10.3 Å². The van der Waals surface area contributed by atoms with E-state index in [1.54, 1.807) is 6.07 Å². The SMILES string of the molecule is O=C(O)c1ccc2nc(NCC3(O)CCC3)oc2c1. The number of nitrogens with zero attached hydrogens (tertiary/aromatic N) is 1. The number of nitrogens with one attached hydrogen (secondary N) is 1. The molecule has 1 aromatic heterocycles. The van der Waals surface area contributed by atoms with E-state index in [0.29, 0.717) is 23.7 Å². The third kappa shape index (κ3) is 2.26. The molecule has 3 N–H and O–H groups in total. The number of carboxylic acid groups (broad SMARTS) is 1. The van der Waals surface area contributed by atoms with Crippen LogP contribution in [0.3, 0.4) is 0 Å². The molecule has 19 heavy (non-hydrogen) atoms. The van der Waals surface area contributed by atoms with Crippen molar-refractivity contribution in [3.63, 3.8) is 0 Å². The number of anilines is 1. The van der Waals surface area contributed by atoms with Crippen LogP contribution in [0.2, 0.25) is 0 Å². The Morgan fingerprint density at radius 1 is 1.47 bits per heavy atom. The maximum Gasteiger partial charge on any atom is 0.335 e. The van der Waals surface area contributed by atoms with Crippen molar-refractivity contribution in [2.45, 2.75) is 24.9 Å². The van der Waals surface area contributed by atoms with Crippen molar-refractivity contribution in [2.24, 2.45) is 0 Å². The Kier molecular flexibility index (Phi) is 2.67. The molecular weight excluding hydrogens is 248 g/mol. The van der Waals surface area contributed by atoms with Crippen molar-refractivity contribution in [3.05, 3.63) is 23.8 Å². The lowest BCUT2D eigenvalue weighted by molar-refractivity contribution is -0.0205. The lowest BCUT2D eigenvalue weighted by Crippen LogP contribution is -2.43. The molecule has 1 saturated carbocycles.